The maximum atomic E-state index is 5.95. The van der Waals surface area contributed by atoms with Crippen LogP contribution in [0.4, 0.5) is 5.69 Å². The van der Waals surface area contributed by atoms with Gasteiger partial charge in [-0.2, -0.15) is 0 Å². The number of methoxy groups -OCH3 is 1. The molecule has 0 aromatic heterocycles. The second-order valence-electron chi connectivity index (χ2n) is 5.21. The molecule has 0 heterocycles. The fourth-order valence-corrected chi connectivity index (χ4v) is 2.20. The van der Waals surface area contributed by atoms with E-state index in [0.29, 0.717) is 0 Å². The van der Waals surface area contributed by atoms with Crippen LogP contribution in [0.5, 0.6) is 5.75 Å². The molecule has 2 rings (SSSR count). The topological polar surface area (TPSA) is 38.5 Å². The SMILES string of the molecule is COc1ccc(CN(C)Cc2ccc(C)c(N)c2)cc1. The normalized spacial score (nSPS) is 10.8. The third-order valence-electron chi connectivity index (χ3n) is 3.41. The highest BCUT2D eigenvalue weighted by Crippen LogP contribution is 2.16. The van der Waals surface area contributed by atoms with Crippen LogP contribution in [0.1, 0.15) is 16.7 Å². The van der Waals surface area contributed by atoms with Gasteiger partial charge in [-0.1, -0.05) is 24.3 Å². The molecule has 3 nitrogen and oxygen atoms in total. The molecule has 0 bridgehead atoms. The van der Waals surface area contributed by atoms with E-state index in [1.807, 2.05) is 19.1 Å². The molecule has 0 radical (unpaired) electrons. The molecule has 3 heteroatoms. The lowest BCUT2D eigenvalue weighted by Gasteiger charge is -2.17. The first-order chi connectivity index (χ1) is 9.58. The Kier molecular flexibility index (Phi) is 4.64. The molecule has 0 fully saturated rings. The van der Waals surface area contributed by atoms with Crippen LogP contribution in [0.25, 0.3) is 0 Å². The molecule has 0 aliphatic rings. The maximum Gasteiger partial charge on any atom is 0.118 e. The second kappa shape index (κ2) is 6.44. The molecule has 2 aromatic carbocycles. The van der Waals surface area contributed by atoms with Crippen LogP contribution >= 0.6 is 0 Å². The Balaban J connectivity index is 1.97. The Morgan fingerprint density at radius 1 is 1.00 bits per heavy atom. The summed E-state index contributed by atoms with van der Waals surface area (Å²) in [6.07, 6.45) is 0. The summed E-state index contributed by atoms with van der Waals surface area (Å²) in [5.41, 5.74) is 10.5. The van der Waals surface area contributed by atoms with Gasteiger partial charge in [0.15, 0.2) is 0 Å². The van der Waals surface area contributed by atoms with Gasteiger partial charge in [0.25, 0.3) is 0 Å². The van der Waals surface area contributed by atoms with E-state index < -0.39 is 0 Å². The second-order valence-corrected chi connectivity index (χ2v) is 5.21. The number of nitrogens with zero attached hydrogens (tertiary/aromatic N) is 1. The highest BCUT2D eigenvalue weighted by Gasteiger charge is 2.04. The van der Waals surface area contributed by atoms with Gasteiger partial charge in [-0.05, 0) is 48.9 Å². The van der Waals surface area contributed by atoms with Crippen molar-refractivity contribution in [2.75, 3.05) is 19.9 Å². The van der Waals surface area contributed by atoms with Gasteiger partial charge in [0.2, 0.25) is 0 Å². The summed E-state index contributed by atoms with van der Waals surface area (Å²) in [4.78, 5) is 2.27. The summed E-state index contributed by atoms with van der Waals surface area (Å²) in [7, 11) is 3.79. The van der Waals surface area contributed by atoms with Crippen molar-refractivity contribution in [3.63, 3.8) is 0 Å². The molecule has 0 amide bonds. The zero-order valence-electron chi connectivity index (χ0n) is 12.4. The number of anilines is 1. The van der Waals surface area contributed by atoms with Gasteiger partial charge < -0.3 is 10.5 Å². The molecule has 0 aliphatic heterocycles. The van der Waals surface area contributed by atoms with E-state index in [1.54, 1.807) is 7.11 Å². The number of rotatable bonds is 5. The van der Waals surface area contributed by atoms with E-state index >= 15 is 0 Å². The highest BCUT2D eigenvalue weighted by molar-refractivity contribution is 5.48. The molecule has 0 unspecified atom stereocenters. The lowest BCUT2D eigenvalue weighted by Crippen LogP contribution is -2.17. The van der Waals surface area contributed by atoms with Gasteiger partial charge >= 0.3 is 0 Å². The molecule has 0 saturated carbocycles. The van der Waals surface area contributed by atoms with Crippen LogP contribution in [-0.4, -0.2) is 19.1 Å². The molecule has 0 spiro atoms. The van der Waals surface area contributed by atoms with E-state index in [1.165, 1.54) is 11.1 Å². The van der Waals surface area contributed by atoms with Crippen LogP contribution in [-0.2, 0) is 13.1 Å². The Morgan fingerprint density at radius 2 is 1.60 bits per heavy atom. The van der Waals surface area contributed by atoms with Gasteiger partial charge in [0.05, 0.1) is 7.11 Å². The molecule has 0 aliphatic carbocycles. The first kappa shape index (κ1) is 14.4. The van der Waals surface area contributed by atoms with Crippen LogP contribution in [0.3, 0.4) is 0 Å². The summed E-state index contributed by atoms with van der Waals surface area (Å²) < 4.78 is 5.17. The fourth-order valence-electron chi connectivity index (χ4n) is 2.20. The summed E-state index contributed by atoms with van der Waals surface area (Å²) >= 11 is 0. The largest absolute Gasteiger partial charge is 0.497 e. The molecular formula is C17H22N2O. The van der Waals surface area contributed by atoms with Crippen molar-refractivity contribution >= 4 is 5.69 Å². The number of benzene rings is 2. The van der Waals surface area contributed by atoms with Crippen LogP contribution in [0.2, 0.25) is 0 Å². The predicted molar refractivity (Wildman–Crippen MR) is 83.8 cm³/mol. The fraction of sp³-hybridized carbons (Fsp3) is 0.294. The van der Waals surface area contributed by atoms with Gasteiger partial charge in [-0.15, -0.1) is 0 Å². The van der Waals surface area contributed by atoms with Gasteiger partial charge in [-0.3, -0.25) is 4.90 Å². The van der Waals surface area contributed by atoms with Crippen molar-refractivity contribution < 1.29 is 4.74 Å². The molecule has 2 aromatic rings. The third-order valence-corrected chi connectivity index (χ3v) is 3.41. The quantitative estimate of drug-likeness (QED) is 0.848. The van der Waals surface area contributed by atoms with E-state index in [0.717, 1.165) is 30.1 Å². The minimum Gasteiger partial charge on any atom is -0.497 e. The zero-order valence-corrected chi connectivity index (χ0v) is 12.4. The Labute approximate surface area is 121 Å². The first-order valence-electron chi connectivity index (χ1n) is 6.75. The van der Waals surface area contributed by atoms with Crippen molar-refractivity contribution in [1.82, 2.24) is 4.90 Å². The number of aryl methyl sites for hydroxylation is 1. The Hall–Kier alpha value is -2.00. The Morgan fingerprint density at radius 3 is 2.20 bits per heavy atom. The van der Waals surface area contributed by atoms with E-state index in [2.05, 4.69) is 42.3 Å². The lowest BCUT2D eigenvalue weighted by molar-refractivity contribution is 0.319. The minimum atomic E-state index is 0.861. The number of hydrogen-bond acceptors (Lipinski definition) is 3. The molecule has 0 saturated heterocycles. The molecule has 0 atom stereocenters. The van der Waals surface area contributed by atoms with Crippen LogP contribution in [0.15, 0.2) is 42.5 Å². The molecule has 20 heavy (non-hydrogen) atoms. The third kappa shape index (κ3) is 3.75. The standard InChI is InChI=1S/C17H22N2O/c1-13-4-5-15(10-17(13)18)12-19(2)11-14-6-8-16(20-3)9-7-14/h4-10H,11-12,18H2,1-3H3. The average molecular weight is 270 g/mol. The van der Waals surface area contributed by atoms with Crippen molar-refractivity contribution in [2.45, 2.75) is 20.0 Å². The van der Waals surface area contributed by atoms with Crippen molar-refractivity contribution in [3.8, 4) is 5.75 Å². The number of ether oxygens (including phenoxy) is 1. The average Bonchev–Trinajstić information content (AvgIpc) is 2.44. The number of nitrogens with two attached hydrogens (primary N) is 1. The predicted octanol–water partition coefficient (Wildman–Crippen LogP) is 3.22. The zero-order chi connectivity index (χ0) is 14.5. The van der Waals surface area contributed by atoms with Crippen molar-refractivity contribution in [1.29, 1.82) is 0 Å². The first-order valence-corrected chi connectivity index (χ1v) is 6.75. The highest BCUT2D eigenvalue weighted by atomic mass is 16.5. The van der Waals surface area contributed by atoms with E-state index in [4.69, 9.17) is 10.5 Å². The van der Waals surface area contributed by atoms with Gasteiger partial charge in [-0.25, -0.2) is 0 Å². The lowest BCUT2D eigenvalue weighted by atomic mass is 10.1. The van der Waals surface area contributed by atoms with Crippen molar-refractivity contribution in [3.05, 3.63) is 59.2 Å². The maximum absolute atomic E-state index is 5.95. The number of nitrogen functional groups attached to an aromatic ring is 1. The molecule has 2 N–H and O–H groups in total. The minimum absolute atomic E-state index is 0.861. The molecular weight excluding hydrogens is 248 g/mol. The van der Waals surface area contributed by atoms with Crippen LogP contribution < -0.4 is 10.5 Å². The van der Waals surface area contributed by atoms with E-state index in [9.17, 15) is 0 Å². The summed E-state index contributed by atoms with van der Waals surface area (Å²) in [5.74, 6) is 0.891. The van der Waals surface area contributed by atoms with Gasteiger partial charge in [0, 0.05) is 18.8 Å². The molecule has 106 valence electrons. The Bertz CT molecular complexity index is 564. The van der Waals surface area contributed by atoms with E-state index in [-0.39, 0.29) is 0 Å². The van der Waals surface area contributed by atoms with Crippen molar-refractivity contribution in [2.24, 2.45) is 0 Å². The summed E-state index contributed by atoms with van der Waals surface area (Å²) in [5, 5.41) is 0. The van der Waals surface area contributed by atoms with Crippen LogP contribution in [0, 0.1) is 6.92 Å². The van der Waals surface area contributed by atoms with Gasteiger partial charge in [0.1, 0.15) is 5.75 Å². The smallest absolute Gasteiger partial charge is 0.118 e. The number of hydrogen-bond donors (Lipinski definition) is 1. The summed E-state index contributed by atoms with van der Waals surface area (Å²) in [6, 6.07) is 14.4. The summed E-state index contributed by atoms with van der Waals surface area (Å²) in [6.45, 7) is 3.81. The monoisotopic (exact) mass is 270 g/mol.